The van der Waals surface area contributed by atoms with Crippen LogP contribution in [0.25, 0.3) is 33.9 Å². The molecule has 0 saturated carbocycles. The van der Waals surface area contributed by atoms with Gasteiger partial charge in [0.25, 0.3) is 0 Å². The topological polar surface area (TPSA) is 3.24 Å². The van der Waals surface area contributed by atoms with Crippen LogP contribution < -0.4 is 4.90 Å². The van der Waals surface area contributed by atoms with Gasteiger partial charge in [-0.1, -0.05) is 159 Å². The average Bonchev–Trinajstić information content (AvgIpc) is 3.37. The molecule has 0 spiro atoms. The minimum Gasteiger partial charge on any atom is -0.310 e. The van der Waals surface area contributed by atoms with Crippen LogP contribution in [0.4, 0.5) is 17.1 Å². The second-order valence-corrected chi connectivity index (χ2v) is 13.4. The van der Waals surface area contributed by atoms with Crippen molar-refractivity contribution in [2.45, 2.75) is 25.7 Å². The third-order valence-electron chi connectivity index (χ3n) is 9.96. The molecule has 48 heavy (non-hydrogen) atoms. The van der Waals surface area contributed by atoms with Crippen molar-refractivity contribution < 1.29 is 0 Å². The maximum atomic E-state index is 2.40. The Morgan fingerprint density at radius 3 is 1.75 bits per heavy atom. The number of nitrogens with zero attached hydrogens (tertiary/aromatic N) is 1. The standard InChI is InChI=1S/C47H39N/c1-47(2)45-32-35(19-18-34-20-23-37(24-21-34)39-27-25-38(26-28-39)36-12-6-3-7-13-36)22-30-43(45)44-31-29-42(33-46(44)47)48(40-14-8-4-9-15-40)41-16-10-5-11-17-41/h3-20,22-34H,21H2,1-2H3/b19-18+. The first-order chi connectivity index (χ1) is 23.5. The highest BCUT2D eigenvalue weighted by Crippen LogP contribution is 2.51. The van der Waals surface area contributed by atoms with Crippen LogP contribution in [0.15, 0.2) is 176 Å². The molecule has 0 aliphatic heterocycles. The Morgan fingerprint density at radius 2 is 1.12 bits per heavy atom. The zero-order chi connectivity index (χ0) is 32.5. The number of rotatable bonds is 7. The Balaban J connectivity index is 1.01. The van der Waals surface area contributed by atoms with Crippen LogP contribution in [0.2, 0.25) is 0 Å². The predicted molar refractivity (Wildman–Crippen MR) is 205 cm³/mol. The van der Waals surface area contributed by atoms with Crippen LogP contribution in [0.1, 0.15) is 42.5 Å². The molecule has 2 aliphatic rings. The SMILES string of the molecule is CC1(C)c2cc(/C=C/C3C=CC(c4ccc(-c5ccccc5)cc4)=CC3)ccc2-c2ccc(N(c3ccccc3)c3ccccc3)cc21. The van der Waals surface area contributed by atoms with Gasteiger partial charge in [-0.25, -0.2) is 0 Å². The lowest BCUT2D eigenvalue weighted by molar-refractivity contribution is 0.660. The third-order valence-corrected chi connectivity index (χ3v) is 9.96. The summed E-state index contributed by atoms with van der Waals surface area (Å²) >= 11 is 0. The molecule has 1 nitrogen and oxygen atoms in total. The number of para-hydroxylation sites is 2. The maximum Gasteiger partial charge on any atom is 0.0465 e. The number of allylic oxidation sites excluding steroid dienone is 5. The molecule has 232 valence electrons. The first kappa shape index (κ1) is 29.7. The predicted octanol–water partition coefficient (Wildman–Crippen LogP) is 12.8. The van der Waals surface area contributed by atoms with E-state index in [2.05, 4.69) is 201 Å². The van der Waals surface area contributed by atoms with Gasteiger partial charge in [0.2, 0.25) is 0 Å². The Labute approximate surface area is 284 Å². The molecule has 0 N–H and O–H groups in total. The molecule has 0 saturated heterocycles. The van der Waals surface area contributed by atoms with Crippen LogP contribution in [0.5, 0.6) is 0 Å². The van der Waals surface area contributed by atoms with Gasteiger partial charge >= 0.3 is 0 Å². The van der Waals surface area contributed by atoms with E-state index in [1.165, 1.54) is 55.8 Å². The van der Waals surface area contributed by atoms with Crippen molar-refractivity contribution in [3.8, 4) is 22.3 Å². The van der Waals surface area contributed by atoms with E-state index in [1.807, 2.05) is 0 Å². The highest BCUT2D eigenvalue weighted by atomic mass is 15.1. The summed E-state index contributed by atoms with van der Waals surface area (Å²) < 4.78 is 0. The molecule has 6 aromatic rings. The van der Waals surface area contributed by atoms with Crippen LogP contribution in [0.3, 0.4) is 0 Å². The lowest BCUT2D eigenvalue weighted by atomic mass is 9.81. The summed E-state index contributed by atoms with van der Waals surface area (Å²) in [4.78, 5) is 2.35. The van der Waals surface area contributed by atoms with Crippen LogP contribution in [-0.4, -0.2) is 0 Å². The molecule has 0 fully saturated rings. The zero-order valence-electron chi connectivity index (χ0n) is 27.6. The highest BCUT2D eigenvalue weighted by molar-refractivity contribution is 5.86. The number of fused-ring (bicyclic) bond motifs is 3. The Morgan fingerprint density at radius 1 is 0.562 bits per heavy atom. The van der Waals surface area contributed by atoms with Crippen molar-refractivity contribution in [2.75, 3.05) is 4.90 Å². The fourth-order valence-electron chi connectivity index (χ4n) is 7.30. The third kappa shape index (κ3) is 5.63. The first-order valence-corrected chi connectivity index (χ1v) is 17.0. The Kier molecular flexibility index (Phi) is 7.74. The number of benzene rings is 6. The van der Waals surface area contributed by atoms with E-state index < -0.39 is 0 Å². The molecule has 8 rings (SSSR count). The Hall–Kier alpha value is -5.66. The van der Waals surface area contributed by atoms with Gasteiger partial charge in [0, 0.05) is 22.5 Å². The van der Waals surface area contributed by atoms with E-state index in [4.69, 9.17) is 0 Å². The van der Waals surface area contributed by atoms with Crippen molar-refractivity contribution in [3.63, 3.8) is 0 Å². The maximum absolute atomic E-state index is 2.40. The molecular formula is C47H39N. The van der Waals surface area contributed by atoms with E-state index >= 15 is 0 Å². The lowest BCUT2D eigenvalue weighted by Crippen LogP contribution is -2.16. The lowest BCUT2D eigenvalue weighted by Gasteiger charge is -2.28. The molecule has 0 heterocycles. The molecule has 0 amide bonds. The summed E-state index contributed by atoms with van der Waals surface area (Å²) in [6.45, 7) is 4.74. The van der Waals surface area contributed by atoms with E-state index in [0.29, 0.717) is 5.92 Å². The van der Waals surface area contributed by atoms with Gasteiger partial charge in [-0.2, -0.15) is 0 Å². The van der Waals surface area contributed by atoms with Gasteiger partial charge in [-0.05, 0) is 98.8 Å². The van der Waals surface area contributed by atoms with Crippen molar-refractivity contribution in [2.24, 2.45) is 5.92 Å². The molecule has 1 heteroatoms. The number of hydrogen-bond donors (Lipinski definition) is 0. The van der Waals surface area contributed by atoms with Gasteiger partial charge in [0.1, 0.15) is 0 Å². The first-order valence-electron chi connectivity index (χ1n) is 17.0. The largest absolute Gasteiger partial charge is 0.310 e. The van der Waals surface area contributed by atoms with Crippen molar-refractivity contribution in [1.29, 1.82) is 0 Å². The summed E-state index contributed by atoms with van der Waals surface area (Å²) in [6.07, 6.45) is 12.7. The smallest absolute Gasteiger partial charge is 0.0465 e. The average molecular weight is 618 g/mol. The van der Waals surface area contributed by atoms with Crippen molar-refractivity contribution in [1.82, 2.24) is 0 Å². The number of anilines is 3. The van der Waals surface area contributed by atoms with Crippen LogP contribution in [-0.2, 0) is 5.41 Å². The molecule has 6 aromatic carbocycles. The van der Waals surface area contributed by atoms with Gasteiger partial charge in [-0.15, -0.1) is 0 Å². The Bertz CT molecular complexity index is 2110. The van der Waals surface area contributed by atoms with Gasteiger partial charge < -0.3 is 4.90 Å². The monoisotopic (exact) mass is 617 g/mol. The van der Waals surface area contributed by atoms with Crippen LogP contribution >= 0.6 is 0 Å². The van der Waals surface area contributed by atoms with Crippen molar-refractivity contribution in [3.05, 3.63) is 198 Å². The quantitative estimate of drug-likeness (QED) is 0.172. The van der Waals surface area contributed by atoms with E-state index in [1.54, 1.807) is 0 Å². The summed E-state index contributed by atoms with van der Waals surface area (Å²) in [5.74, 6) is 0.389. The molecule has 0 aromatic heterocycles. The number of hydrogen-bond acceptors (Lipinski definition) is 1. The minimum absolute atomic E-state index is 0.109. The second-order valence-electron chi connectivity index (χ2n) is 13.4. The second kappa shape index (κ2) is 12.5. The molecule has 0 radical (unpaired) electrons. The van der Waals surface area contributed by atoms with Gasteiger partial charge in [0.05, 0.1) is 0 Å². The normalized spacial score (nSPS) is 16.0. The molecule has 0 bridgehead atoms. The van der Waals surface area contributed by atoms with E-state index in [9.17, 15) is 0 Å². The summed E-state index contributed by atoms with van der Waals surface area (Å²) in [7, 11) is 0. The molecule has 1 unspecified atom stereocenters. The highest BCUT2D eigenvalue weighted by Gasteiger charge is 2.36. The van der Waals surface area contributed by atoms with E-state index in [-0.39, 0.29) is 5.41 Å². The van der Waals surface area contributed by atoms with E-state index in [0.717, 1.165) is 17.8 Å². The summed E-state index contributed by atoms with van der Waals surface area (Å²) in [5, 5.41) is 0. The molecule has 1 atom stereocenters. The van der Waals surface area contributed by atoms with Crippen molar-refractivity contribution >= 4 is 28.7 Å². The van der Waals surface area contributed by atoms with Gasteiger partial charge in [-0.3, -0.25) is 0 Å². The summed E-state index contributed by atoms with van der Waals surface area (Å²) in [6, 6.07) is 54.8. The fraction of sp³-hybridized carbons (Fsp3) is 0.106. The zero-order valence-corrected chi connectivity index (χ0v) is 27.6. The van der Waals surface area contributed by atoms with Crippen LogP contribution in [0, 0.1) is 5.92 Å². The van der Waals surface area contributed by atoms with Gasteiger partial charge in [0.15, 0.2) is 0 Å². The molecular weight excluding hydrogens is 579 g/mol. The summed E-state index contributed by atoms with van der Waals surface area (Å²) in [5.41, 5.74) is 15.2. The fourth-order valence-corrected chi connectivity index (χ4v) is 7.30. The minimum atomic E-state index is -0.109. The molecule has 2 aliphatic carbocycles.